The van der Waals surface area contributed by atoms with Gasteiger partial charge in [-0.1, -0.05) is 36.4 Å². The molecule has 4 heterocycles. The van der Waals surface area contributed by atoms with E-state index in [1.807, 2.05) is 66.6 Å². The van der Waals surface area contributed by atoms with Crippen molar-refractivity contribution >= 4 is 17.7 Å². The second-order valence-electron chi connectivity index (χ2n) is 9.66. The summed E-state index contributed by atoms with van der Waals surface area (Å²) in [4.78, 5) is 44.1. The van der Waals surface area contributed by atoms with Gasteiger partial charge in [-0.15, -0.1) is 0 Å². The van der Waals surface area contributed by atoms with Gasteiger partial charge in [-0.2, -0.15) is 0 Å². The van der Waals surface area contributed by atoms with Crippen molar-refractivity contribution in [1.82, 2.24) is 14.4 Å². The van der Waals surface area contributed by atoms with Gasteiger partial charge in [-0.3, -0.25) is 19.3 Å². The molecule has 8 nitrogen and oxygen atoms in total. The zero-order chi connectivity index (χ0) is 24.9. The maximum absolute atomic E-state index is 14.0. The van der Waals surface area contributed by atoms with Crippen LogP contribution in [0.1, 0.15) is 42.6 Å². The average molecular weight is 486 g/mol. The van der Waals surface area contributed by atoms with Gasteiger partial charge < -0.3 is 18.9 Å². The highest BCUT2D eigenvalue weighted by molar-refractivity contribution is 6.10. The third-order valence-electron chi connectivity index (χ3n) is 7.63. The number of likely N-dealkylation sites (tertiary alicyclic amines) is 1. The molecule has 3 amide bonds. The Morgan fingerprint density at radius 2 is 1.81 bits per heavy atom. The zero-order valence-electron chi connectivity index (χ0n) is 20.1. The molecule has 0 spiro atoms. The Morgan fingerprint density at radius 1 is 1.00 bits per heavy atom. The number of carbonyl (C=O) groups excluding carboxylic acids is 3. The number of hydrogen-bond donors (Lipinski definition) is 0. The van der Waals surface area contributed by atoms with Gasteiger partial charge in [0.05, 0.1) is 18.0 Å². The van der Waals surface area contributed by atoms with Crippen molar-refractivity contribution in [3.05, 3.63) is 83.7 Å². The minimum atomic E-state index is -1.23. The van der Waals surface area contributed by atoms with Gasteiger partial charge in [0.2, 0.25) is 24.5 Å². The van der Waals surface area contributed by atoms with E-state index < -0.39 is 5.41 Å². The maximum atomic E-state index is 14.0. The highest BCUT2D eigenvalue weighted by Gasteiger charge is 2.54. The number of carbonyl (C=O) groups is 3. The monoisotopic (exact) mass is 485 g/mol. The van der Waals surface area contributed by atoms with Crippen LogP contribution in [-0.2, 0) is 32.9 Å². The summed E-state index contributed by atoms with van der Waals surface area (Å²) in [6, 6.07) is 18.5. The third-order valence-corrected chi connectivity index (χ3v) is 7.63. The normalized spacial score (nSPS) is 22.8. The molecule has 0 bridgehead atoms. The molecule has 3 aromatic rings. The largest absolute Gasteiger partial charge is 0.454 e. The lowest BCUT2D eigenvalue weighted by Gasteiger charge is -2.37. The number of nitrogens with zero attached hydrogens (tertiary/aromatic N) is 3. The lowest BCUT2D eigenvalue weighted by atomic mass is 9.75. The first-order valence-electron chi connectivity index (χ1n) is 12.2. The highest BCUT2D eigenvalue weighted by Crippen LogP contribution is 2.42. The van der Waals surface area contributed by atoms with Crippen LogP contribution in [0.2, 0.25) is 0 Å². The standard InChI is InChI=1S/C28H27N3O5/c1-19-22-8-5-11-29(22)12-13-30(19)25(32)15-28(21-6-3-2-4-7-21)16-26(33)31(27(28)34)17-20-9-10-23-24(14-20)36-18-35-23/h2-11,14,19H,12-13,15-18H2,1H3/t19-,28+/m0/s1. The predicted octanol–water partition coefficient (Wildman–Crippen LogP) is 3.41. The third kappa shape index (κ3) is 3.56. The molecule has 0 saturated carbocycles. The van der Waals surface area contributed by atoms with Crippen molar-refractivity contribution in [3.8, 4) is 11.5 Å². The molecule has 0 unspecified atom stereocenters. The van der Waals surface area contributed by atoms with Gasteiger partial charge in [0.25, 0.3) is 0 Å². The molecule has 1 saturated heterocycles. The van der Waals surface area contributed by atoms with Crippen LogP contribution >= 0.6 is 0 Å². The molecule has 0 aliphatic carbocycles. The lowest BCUT2D eigenvalue weighted by Crippen LogP contribution is -2.46. The SMILES string of the molecule is C[C@H]1c2cccn2CCN1C(=O)C[C@]1(c2ccccc2)CC(=O)N(Cc2ccc3c(c2)OCO3)C1=O. The zero-order valence-corrected chi connectivity index (χ0v) is 20.1. The summed E-state index contributed by atoms with van der Waals surface area (Å²) in [5.41, 5.74) is 1.30. The van der Waals surface area contributed by atoms with E-state index in [9.17, 15) is 14.4 Å². The van der Waals surface area contributed by atoms with Crippen molar-refractivity contribution in [2.24, 2.45) is 0 Å². The molecule has 1 aromatic heterocycles. The van der Waals surface area contributed by atoms with Gasteiger partial charge >= 0.3 is 0 Å². The maximum Gasteiger partial charge on any atom is 0.241 e. The van der Waals surface area contributed by atoms with Crippen LogP contribution in [0.5, 0.6) is 11.5 Å². The Labute approximate surface area is 209 Å². The van der Waals surface area contributed by atoms with Crippen molar-refractivity contribution in [3.63, 3.8) is 0 Å². The summed E-state index contributed by atoms with van der Waals surface area (Å²) >= 11 is 0. The van der Waals surface area contributed by atoms with E-state index in [4.69, 9.17) is 9.47 Å². The van der Waals surface area contributed by atoms with E-state index in [1.165, 1.54) is 4.90 Å². The molecule has 3 aliphatic heterocycles. The molecule has 1 fully saturated rings. The Balaban J connectivity index is 1.30. The van der Waals surface area contributed by atoms with Crippen molar-refractivity contribution in [2.75, 3.05) is 13.3 Å². The van der Waals surface area contributed by atoms with E-state index in [0.717, 1.165) is 11.3 Å². The minimum Gasteiger partial charge on any atom is -0.454 e. The van der Waals surface area contributed by atoms with Gasteiger partial charge in [-0.05, 0) is 42.3 Å². The smallest absolute Gasteiger partial charge is 0.241 e. The second-order valence-corrected chi connectivity index (χ2v) is 9.66. The van der Waals surface area contributed by atoms with Crippen molar-refractivity contribution in [2.45, 2.75) is 44.3 Å². The molecular weight excluding hydrogens is 458 g/mol. The Hall–Kier alpha value is -4.07. The summed E-state index contributed by atoms with van der Waals surface area (Å²) in [6.07, 6.45) is 1.93. The van der Waals surface area contributed by atoms with Crippen molar-refractivity contribution < 1.29 is 23.9 Å². The molecule has 36 heavy (non-hydrogen) atoms. The summed E-state index contributed by atoms with van der Waals surface area (Å²) in [7, 11) is 0. The number of rotatable bonds is 5. The van der Waals surface area contributed by atoms with E-state index in [-0.39, 0.29) is 49.9 Å². The van der Waals surface area contributed by atoms with Crippen LogP contribution in [0.25, 0.3) is 0 Å². The molecule has 8 heteroatoms. The molecule has 2 aromatic carbocycles. The van der Waals surface area contributed by atoms with Gasteiger partial charge in [0.1, 0.15) is 0 Å². The number of amides is 3. The number of hydrogen-bond acceptors (Lipinski definition) is 5. The van der Waals surface area contributed by atoms with Crippen LogP contribution < -0.4 is 9.47 Å². The van der Waals surface area contributed by atoms with Crippen LogP contribution in [-0.4, -0.2) is 45.4 Å². The van der Waals surface area contributed by atoms with Crippen LogP contribution in [0, 0.1) is 0 Å². The summed E-state index contributed by atoms with van der Waals surface area (Å²) in [5, 5.41) is 0. The van der Waals surface area contributed by atoms with Gasteiger partial charge in [-0.25, -0.2) is 0 Å². The fourth-order valence-corrected chi connectivity index (χ4v) is 5.68. The van der Waals surface area contributed by atoms with Crippen LogP contribution in [0.3, 0.4) is 0 Å². The minimum absolute atomic E-state index is 0.0370. The molecule has 0 radical (unpaired) electrons. The summed E-state index contributed by atoms with van der Waals surface area (Å²) in [5.74, 6) is 0.501. The topological polar surface area (TPSA) is 81.1 Å². The first kappa shape index (κ1) is 22.4. The first-order chi connectivity index (χ1) is 17.5. The second kappa shape index (κ2) is 8.55. The number of fused-ring (bicyclic) bond motifs is 2. The lowest BCUT2D eigenvalue weighted by molar-refractivity contribution is -0.144. The highest BCUT2D eigenvalue weighted by atomic mass is 16.7. The number of ether oxygens (including phenoxy) is 2. The Morgan fingerprint density at radius 3 is 2.64 bits per heavy atom. The van der Waals surface area contributed by atoms with Gasteiger partial charge in [0, 0.05) is 37.8 Å². The number of benzene rings is 2. The van der Waals surface area contributed by atoms with Crippen LogP contribution in [0.4, 0.5) is 0 Å². The molecular formula is C28H27N3O5. The molecule has 2 atom stereocenters. The Kier molecular flexibility index (Phi) is 5.32. The Bertz CT molecular complexity index is 1350. The van der Waals surface area contributed by atoms with Crippen molar-refractivity contribution in [1.29, 1.82) is 0 Å². The summed E-state index contributed by atoms with van der Waals surface area (Å²) < 4.78 is 13.0. The first-order valence-corrected chi connectivity index (χ1v) is 12.2. The molecule has 6 rings (SSSR count). The van der Waals surface area contributed by atoms with E-state index in [0.29, 0.717) is 30.2 Å². The van der Waals surface area contributed by atoms with E-state index >= 15 is 0 Å². The molecule has 3 aliphatic rings. The van der Waals surface area contributed by atoms with Crippen LogP contribution in [0.15, 0.2) is 66.9 Å². The fourth-order valence-electron chi connectivity index (χ4n) is 5.68. The van der Waals surface area contributed by atoms with E-state index in [1.54, 1.807) is 12.1 Å². The van der Waals surface area contributed by atoms with Gasteiger partial charge in [0.15, 0.2) is 11.5 Å². The average Bonchev–Trinajstić information content (AvgIpc) is 3.61. The molecule has 0 N–H and O–H groups in total. The fraction of sp³-hybridized carbons (Fsp3) is 0.321. The molecule has 184 valence electrons. The summed E-state index contributed by atoms with van der Waals surface area (Å²) in [6.45, 7) is 3.55. The predicted molar refractivity (Wildman–Crippen MR) is 130 cm³/mol. The number of imide groups is 1. The quantitative estimate of drug-likeness (QED) is 0.518. The van der Waals surface area contributed by atoms with E-state index in [2.05, 4.69) is 4.57 Å². The number of aromatic nitrogens is 1.